The molecule has 1 amide bonds. The van der Waals surface area contributed by atoms with Crippen LogP contribution in [0.25, 0.3) is 0 Å². The summed E-state index contributed by atoms with van der Waals surface area (Å²) in [5.74, 6) is -2.34. The van der Waals surface area contributed by atoms with Gasteiger partial charge < -0.3 is 15.5 Å². The first kappa shape index (κ1) is 13.1. The Bertz CT molecular complexity index is 319. The summed E-state index contributed by atoms with van der Waals surface area (Å²) in [7, 11) is 0. The van der Waals surface area contributed by atoms with Crippen molar-refractivity contribution in [1.29, 1.82) is 0 Å². The van der Waals surface area contributed by atoms with Gasteiger partial charge in [0, 0.05) is 12.1 Å². The molecule has 0 fully saturated rings. The summed E-state index contributed by atoms with van der Waals surface area (Å²) >= 11 is 0. The number of carbonyl (C=O) groups excluding carboxylic acids is 1. The maximum absolute atomic E-state index is 11.1. The summed E-state index contributed by atoms with van der Waals surface area (Å²) in [4.78, 5) is 21.4. The van der Waals surface area contributed by atoms with Crippen LogP contribution >= 0.6 is 0 Å². The standard InChI is InChI=1S/C10H12NO4/c1-4-5-8(12)7(3)11-9(13)6(2)10(14)15/h4,12H,1-3,5H2,(H,11,13)(H,14,15). The average Bonchev–Trinajstić information content (AvgIpc) is 2.16. The van der Waals surface area contributed by atoms with Crippen molar-refractivity contribution in [2.75, 3.05) is 0 Å². The van der Waals surface area contributed by atoms with Crippen molar-refractivity contribution in [2.24, 2.45) is 0 Å². The lowest BCUT2D eigenvalue weighted by Crippen LogP contribution is -2.29. The fourth-order valence-corrected chi connectivity index (χ4v) is 0.642. The number of aliphatic hydroxyl groups is 1. The van der Waals surface area contributed by atoms with E-state index in [1.165, 1.54) is 6.08 Å². The number of carbonyl (C=O) groups is 2. The predicted molar refractivity (Wildman–Crippen MR) is 54.1 cm³/mol. The first-order chi connectivity index (χ1) is 6.90. The fourth-order valence-electron chi connectivity index (χ4n) is 0.642. The van der Waals surface area contributed by atoms with Crippen LogP contribution in [0.3, 0.4) is 0 Å². The van der Waals surface area contributed by atoms with Crippen LogP contribution in [0.2, 0.25) is 0 Å². The van der Waals surface area contributed by atoms with E-state index >= 15 is 0 Å². The highest BCUT2D eigenvalue weighted by atomic mass is 16.4. The Kier molecular flexibility index (Phi) is 5.04. The number of carboxylic acids is 1. The molecule has 0 aromatic heterocycles. The molecule has 5 nitrogen and oxygen atoms in total. The fraction of sp³-hybridized carbons (Fsp3) is 0.100. The molecule has 0 aliphatic carbocycles. The molecule has 15 heavy (non-hydrogen) atoms. The second kappa shape index (κ2) is 5.77. The molecule has 0 spiro atoms. The van der Waals surface area contributed by atoms with E-state index in [1.807, 2.05) is 0 Å². The van der Waals surface area contributed by atoms with E-state index in [2.05, 4.69) is 25.1 Å². The minimum Gasteiger partial charge on any atom is -0.478 e. The number of hydrogen-bond acceptors (Lipinski definition) is 3. The maximum atomic E-state index is 11.1. The highest BCUT2D eigenvalue weighted by molar-refractivity contribution is 6.15. The average molecular weight is 210 g/mol. The van der Waals surface area contributed by atoms with Crippen LogP contribution in [0, 0.1) is 6.10 Å². The van der Waals surface area contributed by atoms with Gasteiger partial charge in [-0.15, -0.1) is 6.58 Å². The summed E-state index contributed by atoms with van der Waals surface area (Å²) < 4.78 is 0. The Morgan fingerprint density at radius 1 is 1.27 bits per heavy atom. The zero-order valence-corrected chi connectivity index (χ0v) is 8.12. The Labute approximate surface area is 87.4 Å². The zero-order chi connectivity index (χ0) is 12.0. The monoisotopic (exact) mass is 210 g/mol. The first-order valence-electron chi connectivity index (χ1n) is 3.98. The molecule has 0 saturated heterocycles. The summed E-state index contributed by atoms with van der Waals surface area (Å²) in [6.07, 6.45) is 1.37. The number of rotatable bonds is 6. The molecule has 5 heteroatoms. The van der Waals surface area contributed by atoms with Crippen LogP contribution in [0.15, 0.2) is 37.1 Å². The molecule has 0 atom stereocenters. The van der Waals surface area contributed by atoms with E-state index in [9.17, 15) is 14.7 Å². The SMILES string of the molecule is C=CC[C](O)C(=C)NC(=O)C(=C)C(=O)O. The van der Waals surface area contributed by atoms with Crippen LogP contribution in [-0.2, 0) is 9.59 Å². The van der Waals surface area contributed by atoms with Crippen molar-refractivity contribution in [1.82, 2.24) is 5.32 Å². The minimum atomic E-state index is -1.43. The number of carboxylic acid groups (broad SMARTS) is 1. The van der Waals surface area contributed by atoms with Crippen LogP contribution < -0.4 is 5.32 Å². The second-order valence-corrected chi connectivity index (χ2v) is 2.66. The van der Waals surface area contributed by atoms with Gasteiger partial charge in [0.25, 0.3) is 5.91 Å². The third-order valence-corrected chi connectivity index (χ3v) is 1.48. The number of aliphatic hydroxyl groups excluding tert-OH is 1. The van der Waals surface area contributed by atoms with E-state index in [-0.39, 0.29) is 18.2 Å². The van der Waals surface area contributed by atoms with Gasteiger partial charge in [-0.3, -0.25) is 4.79 Å². The van der Waals surface area contributed by atoms with Gasteiger partial charge >= 0.3 is 5.97 Å². The Morgan fingerprint density at radius 2 is 1.80 bits per heavy atom. The molecule has 0 bridgehead atoms. The lowest BCUT2D eigenvalue weighted by molar-refractivity contribution is -0.134. The molecule has 81 valence electrons. The van der Waals surface area contributed by atoms with E-state index in [1.54, 1.807) is 0 Å². The molecule has 0 heterocycles. The molecule has 0 aliphatic heterocycles. The van der Waals surface area contributed by atoms with Crippen LogP contribution in [0.1, 0.15) is 6.42 Å². The molecule has 0 rings (SSSR count). The Morgan fingerprint density at radius 3 is 2.20 bits per heavy atom. The smallest absolute Gasteiger partial charge is 0.340 e. The van der Waals surface area contributed by atoms with Crippen molar-refractivity contribution >= 4 is 11.9 Å². The predicted octanol–water partition coefficient (Wildman–Crippen LogP) is 0.738. The first-order valence-corrected chi connectivity index (χ1v) is 3.98. The zero-order valence-electron chi connectivity index (χ0n) is 8.12. The second-order valence-electron chi connectivity index (χ2n) is 2.66. The quantitative estimate of drug-likeness (QED) is 0.261. The van der Waals surface area contributed by atoms with Gasteiger partial charge in [-0.05, 0) is 0 Å². The van der Waals surface area contributed by atoms with Crippen LogP contribution in [-0.4, -0.2) is 22.1 Å². The molecule has 3 N–H and O–H groups in total. The molecule has 0 unspecified atom stereocenters. The third kappa shape index (κ3) is 4.24. The van der Waals surface area contributed by atoms with Gasteiger partial charge in [0.15, 0.2) is 0 Å². The van der Waals surface area contributed by atoms with Crippen molar-refractivity contribution in [3.05, 3.63) is 43.2 Å². The van der Waals surface area contributed by atoms with Gasteiger partial charge in [0.05, 0.1) is 0 Å². The summed E-state index contributed by atoms with van der Waals surface area (Å²) in [5.41, 5.74) is -0.690. The highest BCUT2D eigenvalue weighted by Crippen LogP contribution is 2.10. The molecule has 0 aromatic carbocycles. The Balaban J connectivity index is 4.30. The van der Waals surface area contributed by atoms with Gasteiger partial charge in [0.2, 0.25) is 0 Å². The topological polar surface area (TPSA) is 86.6 Å². The largest absolute Gasteiger partial charge is 0.478 e. The molecule has 0 saturated carbocycles. The summed E-state index contributed by atoms with van der Waals surface area (Å²) in [6, 6.07) is 0. The molecular formula is C10H12NO4. The van der Waals surface area contributed by atoms with E-state index in [0.29, 0.717) is 0 Å². The molecule has 1 radical (unpaired) electrons. The summed E-state index contributed by atoms with van der Waals surface area (Å²) in [6.45, 7) is 9.78. The van der Waals surface area contributed by atoms with Gasteiger partial charge in [-0.2, -0.15) is 0 Å². The normalized spacial score (nSPS) is 9.47. The minimum absolute atomic E-state index is 0.0673. The Hall–Kier alpha value is -1.88. The number of aliphatic carboxylic acids is 1. The molecule has 0 aromatic rings. The van der Waals surface area contributed by atoms with Gasteiger partial charge in [0.1, 0.15) is 11.7 Å². The highest BCUT2D eigenvalue weighted by Gasteiger charge is 2.17. The van der Waals surface area contributed by atoms with E-state index in [0.717, 1.165) is 0 Å². The number of amides is 1. The molecular weight excluding hydrogens is 198 g/mol. The number of hydrogen-bond donors (Lipinski definition) is 3. The van der Waals surface area contributed by atoms with Crippen LogP contribution in [0.5, 0.6) is 0 Å². The third-order valence-electron chi connectivity index (χ3n) is 1.48. The van der Waals surface area contributed by atoms with Crippen LogP contribution in [0.4, 0.5) is 0 Å². The van der Waals surface area contributed by atoms with Crippen molar-refractivity contribution in [3.8, 4) is 0 Å². The lowest BCUT2D eigenvalue weighted by atomic mass is 10.2. The lowest BCUT2D eigenvalue weighted by Gasteiger charge is -2.11. The maximum Gasteiger partial charge on any atom is 0.340 e. The van der Waals surface area contributed by atoms with E-state index < -0.39 is 17.4 Å². The van der Waals surface area contributed by atoms with Gasteiger partial charge in [-0.25, -0.2) is 4.79 Å². The summed E-state index contributed by atoms with van der Waals surface area (Å²) in [5, 5.41) is 19.8. The number of nitrogens with one attached hydrogen (secondary N) is 1. The van der Waals surface area contributed by atoms with E-state index in [4.69, 9.17) is 5.11 Å². The van der Waals surface area contributed by atoms with Crippen molar-refractivity contribution in [3.63, 3.8) is 0 Å². The molecule has 0 aliphatic rings. The van der Waals surface area contributed by atoms with Crippen molar-refractivity contribution < 1.29 is 19.8 Å². The van der Waals surface area contributed by atoms with Crippen molar-refractivity contribution in [2.45, 2.75) is 6.42 Å². The van der Waals surface area contributed by atoms with Gasteiger partial charge in [-0.1, -0.05) is 19.2 Å².